The summed E-state index contributed by atoms with van der Waals surface area (Å²) in [5, 5.41) is 5.64. The lowest BCUT2D eigenvalue weighted by atomic mass is 10.1. The van der Waals surface area contributed by atoms with Crippen molar-refractivity contribution in [1.82, 2.24) is 9.13 Å². The average molecular weight is 561 g/mol. The number of fused-ring (bicyclic) bond motifs is 5. The minimum atomic E-state index is -4.36. The van der Waals surface area contributed by atoms with Crippen molar-refractivity contribution in [3.05, 3.63) is 133 Å². The Hall–Kier alpha value is -4.55. The molecule has 0 atom stereocenters. The van der Waals surface area contributed by atoms with Crippen LogP contribution in [0.5, 0.6) is 0 Å². The van der Waals surface area contributed by atoms with Crippen molar-refractivity contribution >= 4 is 51.3 Å². The zero-order chi connectivity index (χ0) is 28.4. The van der Waals surface area contributed by atoms with Gasteiger partial charge < -0.3 is 0 Å². The molecule has 0 aliphatic heterocycles. The smallest absolute Gasteiger partial charge is 0.295 e. The SMILES string of the molecule is C[Si](C)(c1ccc(C(F)(F)F)cc1)c1ccccc1-n1c2ccccc2c2c3ccccc3n(-c3ccccc3)c21. The van der Waals surface area contributed by atoms with Crippen molar-refractivity contribution in [1.29, 1.82) is 0 Å². The van der Waals surface area contributed by atoms with Crippen LogP contribution in [0, 0.1) is 0 Å². The predicted molar refractivity (Wildman–Crippen MR) is 166 cm³/mol. The van der Waals surface area contributed by atoms with Crippen LogP contribution in [-0.2, 0) is 6.18 Å². The quantitative estimate of drug-likeness (QED) is 0.191. The summed E-state index contributed by atoms with van der Waals surface area (Å²) in [7, 11) is -2.45. The predicted octanol–water partition coefficient (Wildman–Crippen LogP) is 8.57. The van der Waals surface area contributed by atoms with Crippen LogP contribution in [0.15, 0.2) is 127 Å². The maximum absolute atomic E-state index is 13.4. The van der Waals surface area contributed by atoms with E-state index in [1.807, 2.05) is 18.2 Å². The first-order valence-electron chi connectivity index (χ1n) is 13.6. The van der Waals surface area contributed by atoms with E-state index in [0.29, 0.717) is 0 Å². The molecular weight excluding hydrogens is 533 g/mol. The summed E-state index contributed by atoms with van der Waals surface area (Å²) in [4.78, 5) is 0. The molecule has 0 spiro atoms. The molecule has 2 nitrogen and oxygen atoms in total. The number of rotatable bonds is 4. The lowest BCUT2D eigenvalue weighted by Gasteiger charge is -2.28. The summed E-state index contributed by atoms with van der Waals surface area (Å²) in [6.07, 6.45) is -4.36. The number of benzene rings is 5. The molecule has 0 radical (unpaired) electrons. The van der Waals surface area contributed by atoms with Crippen molar-refractivity contribution in [3.63, 3.8) is 0 Å². The molecule has 0 amide bonds. The van der Waals surface area contributed by atoms with Crippen molar-refractivity contribution in [2.75, 3.05) is 0 Å². The number of alkyl halides is 3. The highest BCUT2D eigenvalue weighted by molar-refractivity contribution is 7.01. The van der Waals surface area contributed by atoms with Gasteiger partial charge in [0.15, 0.2) is 0 Å². The molecule has 202 valence electrons. The Kier molecular flexibility index (Phi) is 5.73. The largest absolute Gasteiger partial charge is 0.416 e. The Morgan fingerprint density at radius 2 is 1.10 bits per heavy atom. The third kappa shape index (κ3) is 3.93. The van der Waals surface area contributed by atoms with Gasteiger partial charge >= 0.3 is 6.18 Å². The molecule has 2 heterocycles. The first-order valence-corrected chi connectivity index (χ1v) is 16.6. The van der Waals surface area contributed by atoms with Crippen LogP contribution < -0.4 is 10.4 Å². The number of halogens is 3. The van der Waals surface area contributed by atoms with Crippen molar-refractivity contribution in [3.8, 4) is 11.4 Å². The standard InChI is InChI=1S/C35H27F3N2Si/c1-41(2,26-22-20-24(21-23-26)35(36,37)38)32-19-11-10-18-31(32)40-30-17-9-7-15-28(30)33-27-14-6-8-16-29(27)39(34(33)40)25-12-4-3-5-13-25/h3-23H,1-2H3. The van der Waals surface area contributed by atoms with Gasteiger partial charge in [-0.25, -0.2) is 0 Å². The summed E-state index contributed by atoms with van der Waals surface area (Å²) in [6.45, 7) is 4.42. The highest BCUT2D eigenvalue weighted by Gasteiger charge is 2.34. The van der Waals surface area contributed by atoms with Crippen LogP contribution in [0.3, 0.4) is 0 Å². The van der Waals surface area contributed by atoms with Crippen LogP contribution in [0.25, 0.3) is 44.2 Å². The van der Waals surface area contributed by atoms with Gasteiger partial charge in [-0.2, -0.15) is 13.2 Å². The van der Waals surface area contributed by atoms with E-state index in [2.05, 4.69) is 107 Å². The fourth-order valence-corrected chi connectivity index (χ4v) is 8.87. The van der Waals surface area contributed by atoms with Crippen LogP contribution >= 0.6 is 0 Å². The summed E-state index contributed by atoms with van der Waals surface area (Å²) in [6, 6.07) is 41.5. The number of hydrogen-bond acceptors (Lipinski definition) is 0. The topological polar surface area (TPSA) is 9.86 Å². The minimum absolute atomic E-state index is 0.621. The molecule has 0 saturated heterocycles. The molecule has 0 N–H and O–H groups in total. The van der Waals surface area contributed by atoms with Crippen molar-refractivity contribution < 1.29 is 13.2 Å². The Labute approximate surface area is 236 Å². The first kappa shape index (κ1) is 25.4. The number of aromatic nitrogens is 2. The lowest BCUT2D eigenvalue weighted by molar-refractivity contribution is -0.137. The van der Waals surface area contributed by atoms with Gasteiger partial charge in [-0.05, 0) is 35.5 Å². The van der Waals surface area contributed by atoms with Gasteiger partial charge in [-0.3, -0.25) is 9.13 Å². The lowest BCUT2D eigenvalue weighted by Crippen LogP contribution is -2.54. The van der Waals surface area contributed by atoms with E-state index in [4.69, 9.17) is 0 Å². The van der Waals surface area contributed by atoms with Crippen LogP contribution in [0.2, 0.25) is 13.1 Å². The molecule has 0 bridgehead atoms. The number of hydrogen-bond donors (Lipinski definition) is 0. The molecule has 5 aromatic carbocycles. The van der Waals surface area contributed by atoms with E-state index in [0.717, 1.165) is 43.8 Å². The Balaban J connectivity index is 1.57. The summed E-state index contributed by atoms with van der Waals surface area (Å²) in [5.41, 5.74) is 4.79. The Morgan fingerprint density at radius 1 is 0.561 bits per heavy atom. The highest BCUT2D eigenvalue weighted by atomic mass is 28.3. The molecule has 0 aliphatic rings. The zero-order valence-electron chi connectivity index (χ0n) is 22.7. The van der Waals surface area contributed by atoms with E-state index in [9.17, 15) is 13.2 Å². The summed E-state index contributed by atoms with van der Waals surface area (Å²) < 4.78 is 44.8. The normalized spacial score (nSPS) is 12.5. The highest BCUT2D eigenvalue weighted by Crippen LogP contribution is 2.40. The number of nitrogens with zero attached hydrogens (tertiary/aromatic N) is 2. The molecule has 7 aromatic rings. The maximum Gasteiger partial charge on any atom is 0.416 e. The fourth-order valence-electron chi connectivity index (χ4n) is 6.21. The molecule has 7 rings (SSSR count). The summed E-state index contributed by atoms with van der Waals surface area (Å²) >= 11 is 0. The molecule has 0 saturated carbocycles. The second kappa shape index (κ2) is 9.25. The molecule has 6 heteroatoms. The number of para-hydroxylation sites is 4. The maximum atomic E-state index is 13.4. The van der Waals surface area contributed by atoms with Gasteiger partial charge in [0.05, 0.1) is 16.6 Å². The van der Waals surface area contributed by atoms with Gasteiger partial charge in [0.25, 0.3) is 0 Å². The third-order valence-corrected chi connectivity index (χ3v) is 11.8. The van der Waals surface area contributed by atoms with Gasteiger partial charge in [0.2, 0.25) is 0 Å². The average Bonchev–Trinajstić information content (AvgIpc) is 3.50. The van der Waals surface area contributed by atoms with E-state index < -0.39 is 19.8 Å². The zero-order valence-corrected chi connectivity index (χ0v) is 23.7. The minimum Gasteiger partial charge on any atom is -0.295 e. The molecule has 41 heavy (non-hydrogen) atoms. The molecule has 0 fully saturated rings. The molecule has 2 aromatic heterocycles. The first-order chi connectivity index (χ1) is 19.8. The Morgan fingerprint density at radius 3 is 1.73 bits per heavy atom. The van der Waals surface area contributed by atoms with Gasteiger partial charge in [0, 0.05) is 27.5 Å². The molecular formula is C35H27F3N2Si. The second-order valence-electron chi connectivity index (χ2n) is 11.0. The van der Waals surface area contributed by atoms with Gasteiger partial charge in [-0.15, -0.1) is 0 Å². The monoisotopic (exact) mass is 560 g/mol. The van der Waals surface area contributed by atoms with Crippen LogP contribution in [-0.4, -0.2) is 17.2 Å². The van der Waals surface area contributed by atoms with Gasteiger partial charge in [-0.1, -0.05) is 115 Å². The van der Waals surface area contributed by atoms with Crippen LogP contribution in [0.4, 0.5) is 13.2 Å². The summed E-state index contributed by atoms with van der Waals surface area (Å²) in [5.74, 6) is 0. The molecule has 0 unspecified atom stereocenters. The third-order valence-electron chi connectivity index (χ3n) is 8.24. The van der Waals surface area contributed by atoms with Crippen molar-refractivity contribution in [2.24, 2.45) is 0 Å². The van der Waals surface area contributed by atoms with Crippen molar-refractivity contribution in [2.45, 2.75) is 19.3 Å². The van der Waals surface area contributed by atoms with E-state index in [1.165, 1.54) is 22.9 Å². The van der Waals surface area contributed by atoms with E-state index in [1.54, 1.807) is 12.1 Å². The Bertz CT molecular complexity index is 2050. The van der Waals surface area contributed by atoms with E-state index >= 15 is 0 Å². The molecule has 0 aliphatic carbocycles. The van der Waals surface area contributed by atoms with E-state index in [-0.39, 0.29) is 0 Å². The second-order valence-corrected chi connectivity index (χ2v) is 15.3. The van der Waals surface area contributed by atoms with Crippen LogP contribution in [0.1, 0.15) is 5.56 Å². The van der Waals surface area contributed by atoms with Gasteiger partial charge in [0.1, 0.15) is 13.7 Å². The fraction of sp³-hybridized carbons (Fsp3) is 0.0857.